The first-order chi connectivity index (χ1) is 10.5. The van der Waals surface area contributed by atoms with Crippen LogP contribution in [0.4, 0.5) is 24.8 Å². The van der Waals surface area contributed by atoms with E-state index in [1.807, 2.05) is 0 Å². The van der Waals surface area contributed by atoms with E-state index in [1.54, 1.807) is 0 Å². The van der Waals surface area contributed by atoms with Crippen molar-refractivity contribution in [1.29, 1.82) is 0 Å². The number of alkyl halides is 3. The van der Waals surface area contributed by atoms with Gasteiger partial charge in [0.25, 0.3) is 0 Å². The van der Waals surface area contributed by atoms with E-state index in [9.17, 15) is 13.2 Å². The van der Waals surface area contributed by atoms with Gasteiger partial charge in [0.1, 0.15) is 6.10 Å². The van der Waals surface area contributed by atoms with Crippen LogP contribution in [0.25, 0.3) is 0 Å². The molecule has 0 saturated carbocycles. The number of halogens is 3. The van der Waals surface area contributed by atoms with Crippen molar-refractivity contribution < 1.29 is 17.9 Å². The molecule has 2 aromatic rings. The molecular formula is C14H15F3N4O. The van der Waals surface area contributed by atoms with Crippen LogP contribution in [-0.4, -0.2) is 21.8 Å². The summed E-state index contributed by atoms with van der Waals surface area (Å²) in [4.78, 5) is 4.18. The number of aromatic nitrogens is 3. The van der Waals surface area contributed by atoms with Gasteiger partial charge in [-0.15, -0.1) is 5.10 Å². The molecule has 0 bridgehead atoms. The van der Waals surface area contributed by atoms with E-state index >= 15 is 0 Å². The predicted molar refractivity (Wildman–Crippen MR) is 73.7 cm³/mol. The van der Waals surface area contributed by atoms with Crippen LogP contribution in [0.3, 0.4) is 0 Å². The van der Waals surface area contributed by atoms with Crippen LogP contribution in [0, 0.1) is 0 Å². The molecule has 0 aliphatic carbocycles. The van der Waals surface area contributed by atoms with E-state index in [2.05, 4.69) is 20.5 Å². The third kappa shape index (κ3) is 3.22. The minimum absolute atomic E-state index is 0.0786. The number of ether oxygens (including phenoxy) is 1. The Bertz CT molecular complexity index is 635. The largest absolute Gasteiger partial charge is 0.418 e. The summed E-state index contributed by atoms with van der Waals surface area (Å²) in [7, 11) is 0. The quantitative estimate of drug-likeness (QED) is 0.904. The summed E-state index contributed by atoms with van der Waals surface area (Å²) in [5.41, 5.74) is -0.833. The van der Waals surface area contributed by atoms with Gasteiger partial charge in [-0.05, 0) is 31.4 Å². The van der Waals surface area contributed by atoms with Gasteiger partial charge >= 0.3 is 6.18 Å². The Morgan fingerprint density at radius 1 is 1.23 bits per heavy atom. The third-order valence-electron chi connectivity index (χ3n) is 3.47. The highest BCUT2D eigenvalue weighted by Gasteiger charge is 2.33. The molecule has 1 aliphatic heterocycles. The number of benzene rings is 1. The van der Waals surface area contributed by atoms with Gasteiger partial charge in [0.15, 0.2) is 5.82 Å². The third-order valence-corrected chi connectivity index (χ3v) is 3.47. The van der Waals surface area contributed by atoms with Crippen molar-refractivity contribution in [3.05, 3.63) is 35.7 Å². The molecular weight excluding hydrogens is 297 g/mol. The van der Waals surface area contributed by atoms with Crippen molar-refractivity contribution in [1.82, 2.24) is 15.2 Å². The van der Waals surface area contributed by atoms with Gasteiger partial charge in [-0.3, -0.25) is 5.10 Å². The minimum Gasteiger partial charge on any atom is -0.370 e. The zero-order valence-electron chi connectivity index (χ0n) is 11.7. The van der Waals surface area contributed by atoms with Crippen LogP contribution in [0.1, 0.15) is 36.8 Å². The number of H-pyrrole nitrogens is 1. The smallest absolute Gasteiger partial charge is 0.370 e. The molecule has 0 amide bonds. The van der Waals surface area contributed by atoms with Gasteiger partial charge in [-0.2, -0.15) is 18.2 Å². The second-order valence-electron chi connectivity index (χ2n) is 5.07. The summed E-state index contributed by atoms with van der Waals surface area (Å²) < 4.78 is 44.4. The fourth-order valence-electron chi connectivity index (χ4n) is 2.39. The van der Waals surface area contributed by atoms with Crippen LogP contribution < -0.4 is 5.32 Å². The number of anilines is 2. The van der Waals surface area contributed by atoms with Crippen molar-refractivity contribution in [2.75, 3.05) is 11.9 Å². The highest BCUT2D eigenvalue weighted by atomic mass is 19.4. The molecule has 1 saturated heterocycles. The second-order valence-corrected chi connectivity index (χ2v) is 5.07. The minimum atomic E-state index is -4.44. The van der Waals surface area contributed by atoms with E-state index in [0.717, 1.165) is 25.3 Å². The van der Waals surface area contributed by atoms with Crippen LogP contribution in [0.15, 0.2) is 24.3 Å². The molecule has 2 heterocycles. The van der Waals surface area contributed by atoms with Gasteiger partial charge in [-0.1, -0.05) is 12.1 Å². The monoisotopic (exact) mass is 312 g/mol. The normalized spacial score (nSPS) is 19.1. The SMILES string of the molecule is FC(F)(F)c1ccccc1Nc1n[nH]c(C2CCCCO2)n1. The summed E-state index contributed by atoms with van der Waals surface area (Å²) >= 11 is 0. The van der Waals surface area contributed by atoms with Gasteiger partial charge < -0.3 is 10.1 Å². The lowest BCUT2D eigenvalue weighted by molar-refractivity contribution is -0.136. The Labute approximate surface area is 124 Å². The summed E-state index contributed by atoms with van der Waals surface area (Å²) in [5.74, 6) is 0.632. The number of para-hydroxylation sites is 1. The van der Waals surface area contributed by atoms with E-state index in [-0.39, 0.29) is 17.7 Å². The molecule has 1 aromatic carbocycles. The maximum absolute atomic E-state index is 12.9. The Morgan fingerprint density at radius 3 is 2.77 bits per heavy atom. The van der Waals surface area contributed by atoms with E-state index in [0.29, 0.717) is 12.4 Å². The lowest BCUT2D eigenvalue weighted by Gasteiger charge is -2.19. The fraction of sp³-hybridized carbons (Fsp3) is 0.429. The molecule has 5 nitrogen and oxygen atoms in total. The van der Waals surface area contributed by atoms with Crippen LogP contribution in [0.5, 0.6) is 0 Å². The summed E-state index contributed by atoms with van der Waals surface area (Å²) in [6.07, 6.45) is -1.74. The maximum atomic E-state index is 12.9. The first-order valence-electron chi connectivity index (χ1n) is 7.01. The van der Waals surface area contributed by atoms with Crippen molar-refractivity contribution in [2.24, 2.45) is 0 Å². The van der Waals surface area contributed by atoms with E-state index in [4.69, 9.17) is 4.74 Å². The highest BCUT2D eigenvalue weighted by molar-refractivity contribution is 5.59. The molecule has 8 heteroatoms. The number of nitrogens with zero attached hydrogens (tertiary/aromatic N) is 2. The standard InChI is InChI=1S/C14H15F3N4O/c15-14(16,17)9-5-1-2-6-10(9)18-13-19-12(20-21-13)11-7-3-4-8-22-11/h1-2,5-6,11H,3-4,7-8H2,(H2,18,19,20,21). The van der Waals surface area contributed by atoms with Crippen LogP contribution in [-0.2, 0) is 10.9 Å². The number of aromatic amines is 1. The van der Waals surface area contributed by atoms with E-state index < -0.39 is 11.7 Å². The maximum Gasteiger partial charge on any atom is 0.418 e. The fourth-order valence-corrected chi connectivity index (χ4v) is 2.39. The summed E-state index contributed by atoms with van der Waals surface area (Å²) in [6.45, 7) is 0.658. The van der Waals surface area contributed by atoms with Crippen molar-refractivity contribution in [2.45, 2.75) is 31.5 Å². The molecule has 1 aliphatic rings. The lowest BCUT2D eigenvalue weighted by Crippen LogP contribution is -2.13. The Balaban J connectivity index is 1.78. The lowest BCUT2D eigenvalue weighted by atomic mass is 10.1. The average Bonchev–Trinajstić information content (AvgIpc) is 2.96. The molecule has 1 atom stereocenters. The topological polar surface area (TPSA) is 62.8 Å². The Kier molecular flexibility index (Phi) is 4.02. The number of rotatable bonds is 3. The molecule has 0 radical (unpaired) electrons. The first kappa shape index (κ1) is 14.8. The van der Waals surface area contributed by atoms with Gasteiger partial charge in [0.05, 0.1) is 11.3 Å². The van der Waals surface area contributed by atoms with E-state index in [1.165, 1.54) is 18.2 Å². The molecule has 1 aromatic heterocycles. The van der Waals surface area contributed by atoms with Crippen molar-refractivity contribution >= 4 is 11.6 Å². The molecule has 22 heavy (non-hydrogen) atoms. The predicted octanol–water partition coefficient (Wildman–Crippen LogP) is 3.81. The molecule has 0 spiro atoms. The summed E-state index contributed by atoms with van der Waals surface area (Å²) in [6, 6.07) is 5.22. The van der Waals surface area contributed by atoms with Crippen LogP contribution >= 0.6 is 0 Å². The number of hydrogen-bond acceptors (Lipinski definition) is 4. The highest BCUT2D eigenvalue weighted by Crippen LogP contribution is 2.35. The first-order valence-corrected chi connectivity index (χ1v) is 7.01. The van der Waals surface area contributed by atoms with Crippen LogP contribution in [0.2, 0.25) is 0 Å². The van der Waals surface area contributed by atoms with Gasteiger partial charge in [0, 0.05) is 6.61 Å². The summed E-state index contributed by atoms with van der Waals surface area (Å²) in [5, 5.41) is 9.25. The second kappa shape index (κ2) is 5.96. The zero-order chi connectivity index (χ0) is 15.6. The van der Waals surface area contributed by atoms with Crippen molar-refractivity contribution in [3.8, 4) is 0 Å². The van der Waals surface area contributed by atoms with Gasteiger partial charge in [0.2, 0.25) is 5.95 Å². The molecule has 2 N–H and O–H groups in total. The Morgan fingerprint density at radius 2 is 2.05 bits per heavy atom. The molecule has 1 fully saturated rings. The Hall–Kier alpha value is -2.09. The van der Waals surface area contributed by atoms with Crippen molar-refractivity contribution in [3.63, 3.8) is 0 Å². The number of hydrogen-bond donors (Lipinski definition) is 2. The average molecular weight is 312 g/mol. The molecule has 1 unspecified atom stereocenters. The molecule has 118 valence electrons. The molecule has 3 rings (SSSR count). The zero-order valence-corrected chi connectivity index (χ0v) is 11.7. The number of nitrogens with one attached hydrogen (secondary N) is 2. The van der Waals surface area contributed by atoms with Gasteiger partial charge in [-0.25, -0.2) is 0 Å².